The number of halogens is 1. The van der Waals surface area contributed by atoms with Gasteiger partial charge in [0.2, 0.25) is 0 Å². The van der Waals surface area contributed by atoms with Gasteiger partial charge in [-0.25, -0.2) is 0 Å². The summed E-state index contributed by atoms with van der Waals surface area (Å²) in [6.45, 7) is 0.0701. The van der Waals surface area contributed by atoms with E-state index in [9.17, 15) is 0 Å². The average Bonchev–Trinajstić information content (AvgIpc) is 2.28. The largest absolute Gasteiger partial charge is 0.497 e. The van der Waals surface area contributed by atoms with Crippen LogP contribution in [0.5, 0.6) is 11.5 Å². The first-order valence-electron chi connectivity index (χ1n) is 4.80. The van der Waals surface area contributed by atoms with Crippen molar-refractivity contribution in [1.82, 2.24) is 0 Å². The Labute approximate surface area is 102 Å². The lowest BCUT2D eigenvalue weighted by Gasteiger charge is -2.13. The first-order chi connectivity index (χ1) is 7.21. The molecule has 0 radical (unpaired) electrons. The summed E-state index contributed by atoms with van der Waals surface area (Å²) in [5, 5.41) is 8.81. The maximum atomic E-state index is 8.81. The minimum atomic E-state index is -0.195. The zero-order valence-corrected chi connectivity index (χ0v) is 10.3. The van der Waals surface area contributed by atoms with Crippen molar-refractivity contribution in [2.75, 3.05) is 20.8 Å². The molecular formula is C11H18ClNO3. The number of benzene rings is 1. The summed E-state index contributed by atoms with van der Waals surface area (Å²) >= 11 is 0. The fraction of sp³-hybridized carbons (Fsp3) is 0.455. The molecule has 0 aliphatic heterocycles. The number of aliphatic hydroxyl groups is 1. The van der Waals surface area contributed by atoms with E-state index in [1.54, 1.807) is 20.3 Å². The summed E-state index contributed by atoms with van der Waals surface area (Å²) in [5.74, 6) is 1.41. The summed E-state index contributed by atoms with van der Waals surface area (Å²) in [6.07, 6.45) is 0.524. The zero-order valence-electron chi connectivity index (χ0n) is 9.47. The molecule has 16 heavy (non-hydrogen) atoms. The van der Waals surface area contributed by atoms with Gasteiger partial charge in [-0.3, -0.25) is 0 Å². The van der Waals surface area contributed by atoms with Gasteiger partial charge in [0.15, 0.2) is 0 Å². The Balaban J connectivity index is 0.00000225. The maximum absolute atomic E-state index is 8.81. The van der Waals surface area contributed by atoms with Crippen LogP contribution in [0.15, 0.2) is 18.2 Å². The number of hydrogen-bond acceptors (Lipinski definition) is 4. The molecule has 5 heteroatoms. The van der Waals surface area contributed by atoms with Crippen LogP contribution in [0.2, 0.25) is 0 Å². The van der Waals surface area contributed by atoms with Gasteiger partial charge in [0.05, 0.1) is 14.2 Å². The van der Waals surface area contributed by atoms with E-state index in [0.29, 0.717) is 17.9 Å². The van der Waals surface area contributed by atoms with Gasteiger partial charge in [0.25, 0.3) is 0 Å². The Morgan fingerprint density at radius 1 is 1.19 bits per heavy atom. The predicted molar refractivity (Wildman–Crippen MR) is 65.4 cm³/mol. The smallest absolute Gasteiger partial charge is 0.122 e. The fourth-order valence-electron chi connectivity index (χ4n) is 1.35. The van der Waals surface area contributed by atoms with Gasteiger partial charge in [-0.15, -0.1) is 12.4 Å². The van der Waals surface area contributed by atoms with Gasteiger partial charge >= 0.3 is 0 Å². The molecule has 0 heterocycles. The number of nitrogens with two attached hydrogens (primary N) is 1. The van der Waals surface area contributed by atoms with Crippen molar-refractivity contribution in [3.05, 3.63) is 23.8 Å². The van der Waals surface area contributed by atoms with Crippen molar-refractivity contribution < 1.29 is 14.6 Å². The molecule has 4 nitrogen and oxygen atoms in total. The zero-order chi connectivity index (χ0) is 11.3. The average molecular weight is 248 g/mol. The Kier molecular flexibility index (Phi) is 6.88. The lowest BCUT2D eigenvalue weighted by atomic mass is 10.0. The first kappa shape index (κ1) is 15.0. The molecule has 0 spiro atoms. The molecule has 1 rings (SSSR count). The van der Waals surface area contributed by atoms with Crippen molar-refractivity contribution in [3.8, 4) is 11.5 Å². The third kappa shape index (κ3) is 3.89. The van der Waals surface area contributed by atoms with E-state index < -0.39 is 0 Å². The Bertz CT molecular complexity index is 298. The lowest BCUT2D eigenvalue weighted by Crippen LogP contribution is -2.12. The first-order valence-corrected chi connectivity index (χ1v) is 4.80. The van der Waals surface area contributed by atoms with Gasteiger partial charge in [0, 0.05) is 18.7 Å². The molecule has 0 aliphatic carbocycles. The van der Waals surface area contributed by atoms with E-state index in [4.69, 9.17) is 20.3 Å². The van der Waals surface area contributed by atoms with Crippen LogP contribution in [0.4, 0.5) is 0 Å². The van der Waals surface area contributed by atoms with Crippen molar-refractivity contribution in [3.63, 3.8) is 0 Å². The highest BCUT2D eigenvalue weighted by atomic mass is 35.5. The molecule has 0 fully saturated rings. The Hall–Kier alpha value is -0.970. The van der Waals surface area contributed by atoms with E-state index in [1.165, 1.54) is 0 Å². The van der Waals surface area contributed by atoms with Crippen molar-refractivity contribution in [2.45, 2.75) is 12.5 Å². The third-order valence-electron chi connectivity index (χ3n) is 2.24. The van der Waals surface area contributed by atoms with Crippen LogP contribution in [0.1, 0.15) is 18.0 Å². The Morgan fingerprint density at radius 2 is 1.69 bits per heavy atom. The normalized spacial score (nSPS) is 11.5. The van der Waals surface area contributed by atoms with Gasteiger partial charge in [-0.05, 0) is 24.1 Å². The highest BCUT2D eigenvalue weighted by molar-refractivity contribution is 5.85. The van der Waals surface area contributed by atoms with E-state index in [-0.39, 0.29) is 25.1 Å². The third-order valence-corrected chi connectivity index (χ3v) is 2.24. The van der Waals surface area contributed by atoms with Crippen LogP contribution in [-0.4, -0.2) is 25.9 Å². The highest BCUT2D eigenvalue weighted by Gasteiger charge is 2.08. The Morgan fingerprint density at radius 3 is 2.06 bits per heavy atom. The van der Waals surface area contributed by atoms with E-state index in [0.717, 1.165) is 5.56 Å². The molecule has 0 aliphatic rings. The minimum absolute atomic E-state index is 0. The van der Waals surface area contributed by atoms with Crippen LogP contribution in [0.3, 0.4) is 0 Å². The predicted octanol–water partition coefficient (Wildman–Crippen LogP) is 1.51. The van der Waals surface area contributed by atoms with Crippen molar-refractivity contribution in [2.24, 2.45) is 5.73 Å². The van der Waals surface area contributed by atoms with Gasteiger partial charge in [-0.1, -0.05) is 0 Å². The lowest BCUT2D eigenvalue weighted by molar-refractivity contribution is 0.276. The van der Waals surface area contributed by atoms with Crippen LogP contribution < -0.4 is 15.2 Å². The van der Waals surface area contributed by atoms with Crippen LogP contribution in [-0.2, 0) is 0 Å². The topological polar surface area (TPSA) is 64.7 Å². The summed E-state index contributed by atoms with van der Waals surface area (Å²) in [4.78, 5) is 0. The second kappa shape index (κ2) is 7.33. The molecule has 0 amide bonds. The van der Waals surface area contributed by atoms with E-state index in [1.807, 2.05) is 12.1 Å². The summed E-state index contributed by atoms with van der Waals surface area (Å²) in [7, 11) is 3.19. The molecular weight excluding hydrogens is 230 g/mol. The fourth-order valence-corrected chi connectivity index (χ4v) is 1.35. The summed E-state index contributed by atoms with van der Waals surface area (Å²) < 4.78 is 10.3. The molecule has 92 valence electrons. The van der Waals surface area contributed by atoms with E-state index >= 15 is 0 Å². The van der Waals surface area contributed by atoms with Crippen LogP contribution in [0.25, 0.3) is 0 Å². The van der Waals surface area contributed by atoms with Crippen LogP contribution in [0, 0.1) is 0 Å². The molecule has 0 saturated carbocycles. The molecule has 1 atom stereocenters. The molecule has 0 aromatic heterocycles. The molecule has 0 bridgehead atoms. The van der Waals surface area contributed by atoms with Crippen molar-refractivity contribution in [1.29, 1.82) is 0 Å². The molecule has 1 aromatic carbocycles. The molecule has 0 unspecified atom stereocenters. The second-order valence-corrected chi connectivity index (χ2v) is 3.26. The SMILES string of the molecule is COc1cc(OC)cc([C@H](N)CCO)c1.Cl. The van der Waals surface area contributed by atoms with Gasteiger partial charge in [-0.2, -0.15) is 0 Å². The molecule has 0 saturated heterocycles. The van der Waals surface area contributed by atoms with Crippen molar-refractivity contribution >= 4 is 12.4 Å². The number of aliphatic hydroxyl groups excluding tert-OH is 1. The van der Waals surface area contributed by atoms with Crippen LogP contribution >= 0.6 is 12.4 Å². The maximum Gasteiger partial charge on any atom is 0.122 e. The number of methoxy groups -OCH3 is 2. The molecule has 1 aromatic rings. The summed E-state index contributed by atoms with van der Waals surface area (Å²) in [5.41, 5.74) is 6.78. The number of hydrogen-bond donors (Lipinski definition) is 2. The van der Waals surface area contributed by atoms with Gasteiger partial charge in [0.1, 0.15) is 11.5 Å². The monoisotopic (exact) mass is 247 g/mol. The second-order valence-electron chi connectivity index (χ2n) is 3.26. The van der Waals surface area contributed by atoms with Gasteiger partial charge < -0.3 is 20.3 Å². The molecule has 3 N–H and O–H groups in total. The summed E-state index contributed by atoms with van der Waals surface area (Å²) in [6, 6.07) is 5.29. The quantitative estimate of drug-likeness (QED) is 0.828. The highest BCUT2D eigenvalue weighted by Crippen LogP contribution is 2.26. The van der Waals surface area contributed by atoms with E-state index in [2.05, 4.69) is 0 Å². The minimum Gasteiger partial charge on any atom is -0.497 e. The standard InChI is InChI=1S/C11H17NO3.ClH/c1-14-9-5-8(11(12)3-4-13)6-10(7-9)15-2;/h5-7,11,13H,3-4,12H2,1-2H3;1H/t11-;/m1./s1. The number of rotatable bonds is 5. The number of ether oxygens (including phenoxy) is 2.